The first-order chi connectivity index (χ1) is 5.05. The van der Waals surface area contributed by atoms with E-state index in [1.54, 1.807) is 10.6 Å². The van der Waals surface area contributed by atoms with E-state index in [4.69, 9.17) is 5.41 Å². The molecule has 0 bridgehead atoms. The molecule has 0 unspecified atom stereocenters. The molecule has 58 valence electrons. The normalized spacial score (nSPS) is 20.7. The molecule has 0 saturated carbocycles. The smallest absolute Gasteiger partial charge is 0.267 e. The van der Waals surface area contributed by atoms with Gasteiger partial charge in [-0.2, -0.15) is 12.8 Å². The minimum Gasteiger partial charge on any atom is -0.267 e. The fourth-order valence-corrected chi connectivity index (χ4v) is 1.11. The number of hydrogen-bond acceptors (Lipinski definition) is 4. The van der Waals surface area contributed by atoms with Crippen LogP contribution < -0.4 is 4.72 Å². The van der Waals surface area contributed by atoms with E-state index in [0.29, 0.717) is 0 Å². The van der Waals surface area contributed by atoms with Crippen LogP contribution >= 0.6 is 0 Å². The molecule has 0 aromatic carbocycles. The van der Waals surface area contributed by atoms with Crippen molar-refractivity contribution in [2.24, 2.45) is 4.40 Å². The molecule has 6 nitrogen and oxygen atoms in total. The lowest BCUT2D eigenvalue weighted by Gasteiger charge is -2.04. The molecule has 1 aliphatic rings. The van der Waals surface area contributed by atoms with Crippen molar-refractivity contribution in [1.29, 1.82) is 5.41 Å². The van der Waals surface area contributed by atoms with Crippen molar-refractivity contribution >= 4 is 28.2 Å². The van der Waals surface area contributed by atoms with Crippen molar-refractivity contribution in [2.75, 3.05) is 0 Å². The lowest BCUT2D eigenvalue weighted by atomic mass is 10.3. The average Bonchev–Trinajstić information content (AvgIpc) is 1.86. The lowest BCUT2D eigenvalue weighted by molar-refractivity contribution is -0.115. The molecule has 0 atom stereocenters. The summed E-state index contributed by atoms with van der Waals surface area (Å²) in [5.74, 6) is 0.853. The molecule has 2 N–H and O–H groups in total. The van der Waals surface area contributed by atoms with Crippen molar-refractivity contribution in [3.63, 3.8) is 0 Å². The van der Waals surface area contributed by atoms with Gasteiger partial charge in [0.05, 0.1) is 6.21 Å². The molecule has 0 saturated heterocycles. The number of hydrogen-bond donors (Lipinski definition) is 2. The van der Waals surface area contributed by atoms with Crippen molar-refractivity contribution in [1.82, 2.24) is 4.72 Å². The maximum Gasteiger partial charge on any atom is 0.344 e. The van der Waals surface area contributed by atoms with Crippen molar-refractivity contribution in [3.05, 3.63) is 5.57 Å². The standard InChI is InChI=1S/C4H3N3O3S/c5-1-3-2-6-11(9,10)7-4(3)8/h2,5H,(H,7,8). The number of nitrogens with one attached hydrogen (secondary N) is 2. The van der Waals surface area contributed by atoms with Gasteiger partial charge in [0.2, 0.25) is 0 Å². The first kappa shape index (κ1) is 7.64. The molecule has 0 radical (unpaired) electrons. The van der Waals surface area contributed by atoms with Crippen molar-refractivity contribution < 1.29 is 13.2 Å². The van der Waals surface area contributed by atoms with Gasteiger partial charge < -0.3 is 0 Å². The Bertz CT molecular complexity index is 373. The van der Waals surface area contributed by atoms with Crippen LogP contribution in [0.4, 0.5) is 0 Å². The highest BCUT2D eigenvalue weighted by Gasteiger charge is 2.20. The number of amides is 1. The maximum absolute atomic E-state index is 10.6. The van der Waals surface area contributed by atoms with Crippen molar-refractivity contribution in [2.45, 2.75) is 0 Å². The minimum atomic E-state index is -3.85. The summed E-state index contributed by atoms with van der Waals surface area (Å²) in [5.41, 5.74) is -0.208. The summed E-state index contributed by atoms with van der Waals surface area (Å²) in [4.78, 5) is 10.6. The summed E-state index contributed by atoms with van der Waals surface area (Å²) in [6.07, 6.45) is 0.779. The number of carbonyl (C=O) groups excluding carboxylic acids is 1. The third-order valence-electron chi connectivity index (χ3n) is 0.922. The fourth-order valence-electron chi connectivity index (χ4n) is 0.468. The number of rotatable bonds is 0. The Morgan fingerprint density at radius 3 is 2.73 bits per heavy atom. The molecule has 1 rings (SSSR count). The summed E-state index contributed by atoms with van der Waals surface area (Å²) in [6, 6.07) is 0. The highest BCUT2D eigenvalue weighted by Crippen LogP contribution is 1.97. The molecule has 1 aliphatic heterocycles. The van der Waals surface area contributed by atoms with E-state index in [-0.39, 0.29) is 5.57 Å². The molecule has 11 heavy (non-hydrogen) atoms. The fraction of sp³-hybridized carbons (Fsp3) is 0. The first-order valence-electron chi connectivity index (χ1n) is 2.47. The van der Waals surface area contributed by atoms with Crippen LogP contribution in [0.3, 0.4) is 0 Å². The second-order valence-corrected chi connectivity index (χ2v) is 3.04. The average molecular weight is 173 g/mol. The van der Waals surface area contributed by atoms with Gasteiger partial charge in [-0.1, -0.05) is 0 Å². The summed E-state index contributed by atoms with van der Waals surface area (Å²) < 4.78 is 25.5. The second kappa shape index (κ2) is 2.30. The van der Waals surface area contributed by atoms with Crippen LogP contribution in [0, 0.1) is 5.41 Å². The zero-order chi connectivity index (χ0) is 8.48. The van der Waals surface area contributed by atoms with E-state index in [9.17, 15) is 13.2 Å². The van der Waals surface area contributed by atoms with E-state index in [1.165, 1.54) is 0 Å². The molecule has 0 spiro atoms. The van der Waals surface area contributed by atoms with Crippen LogP contribution in [0.15, 0.2) is 9.97 Å². The van der Waals surface area contributed by atoms with E-state index in [0.717, 1.165) is 6.21 Å². The molecule has 0 aromatic heterocycles. The molecule has 1 heterocycles. The van der Waals surface area contributed by atoms with Crippen LogP contribution in [-0.2, 0) is 15.0 Å². The van der Waals surface area contributed by atoms with Gasteiger partial charge in [0, 0.05) is 0 Å². The summed E-state index contributed by atoms with van der Waals surface area (Å²) >= 11 is 0. The SMILES string of the molecule is N=C=C1C=NS(=O)(=O)NC1=O. The Kier molecular flexibility index (Phi) is 1.60. The monoisotopic (exact) mass is 173 g/mol. The van der Waals surface area contributed by atoms with Crippen LogP contribution in [0.2, 0.25) is 0 Å². The molecule has 1 amide bonds. The molecule has 7 heteroatoms. The van der Waals surface area contributed by atoms with E-state index >= 15 is 0 Å². The van der Waals surface area contributed by atoms with Gasteiger partial charge in [0.25, 0.3) is 5.91 Å². The second-order valence-electron chi connectivity index (χ2n) is 1.68. The third-order valence-corrected chi connectivity index (χ3v) is 1.75. The highest BCUT2D eigenvalue weighted by molar-refractivity contribution is 7.89. The molecular formula is C4H3N3O3S. The van der Waals surface area contributed by atoms with Gasteiger partial charge >= 0.3 is 10.2 Å². The van der Waals surface area contributed by atoms with Gasteiger partial charge in [-0.05, 0) is 5.87 Å². The van der Waals surface area contributed by atoms with Gasteiger partial charge in [0.15, 0.2) is 0 Å². The van der Waals surface area contributed by atoms with Gasteiger partial charge in [-0.3, -0.25) is 10.2 Å². The lowest BCUT2D eigenvalue weighted by Crippen LogP contribution is -2.34. The topological polar surface area (TPSA) is 99.4 Å². The van der Waals surface area contributed by atoms with E-state index in [1.807, 2.05) is 0 Å². The molecular weight excluding hydrogens is 170 g/mol. The molecule has 0 aromatic rings. The Hall–Kier alpha value is -1.46. The molecule has 0 aliphatic carbocycles. The van der Waals surface area contributed by atoms with Crippen LogP contribution in [0.25, 0.3) is 0 Å². The zero-order valence-corrected chi connectivity index (χ0v) is 5.97. The van der Waals surface area contributed by atoms with Gasteiger partial charge in [-0.15, -0.1) is 0 Å². The predicted octanol–water partition coefficient (Wildman–Crippen LogP) is -1.39. The maximum atomic E-state index is 10.6. The van der Waals surface area contributed by atoms with E-state index < -0.39 is 16.1 Å². The van der Waals surface area contributed by atoms with Crippen LogP contribution in [0.1, 0.15) is 0 Å². The Morgan fingerprint density at radius 2 is 2.27 bits per heavy atom. The third kappa shape index (κ3) is 1.51. The number of carbonyl (C=O) groups is 1. The van der Waals surface area contributed by atoms with Crippen LogP contribution in [-0.4, -0.2) is 26.4 Å². The van der Waals surface area contributed by atoms with Crippen LogP contribution in [0.5, 0.6) is 0 Å². The summed E-state index contributed by atoms with van der Waals surface area (Å²) in [6.45, 7) is 0. The van der Waals surface area contributed by atoms with E-state index in [2.05, 4.69) is 4.40 Å². The first-order valence-corrected chi connectivity index (χ1v) is 3.91. The quantitative estimate of drug-likeness (QED) is 0.348. The summed E-state index contributed by atoms with van der Waals surface area (Å²) in [5, 5.41) is 6.52. The largest absolute Gasteiger partial charge is 0.344 e. The van der Waals surface area contributed by atoms with Gasteiger partial charge in [-0.25, -0.2) is 4.72 Å². The highest BCUT2D eigenvalue weighted by atomic mass is 32.2. The Morgan fingerprint density at radius 1 is 1.64 bits per heavy atom. The molecule has 0 fully saturated rings. The Balaban J connectivity index is 3.22. The Labute approximate surface area is 62.3 Å². The number of nitrogens with zero attached hydrogens (tertiary/aromatic N) is 1. The van der Waals surface area contributed by atoms with Crippen molar-refractivity contribution in [3.8, 4) is 0 Å². The minimum absolute atomic E-state index is 0.208. The summed E-state index contributed by atoms with van der Waals surface area (Å²) in [7, 11) is -3.85. The zero-order valence-electron chi connectivity index (χ0n) is 5.16. The van der Waals surface area contributed by atoms with Gasteiger partial charge in [0.1, 0.15) is 5.57 Å². The predicted molar refractivity (Wildman–Crippen MR) is 36.8 cm³/mol.